The van der Waals surface area contributed by atoms with E-state index in [1.807, 2.05) is 0 Å². The highest BCUT2D eigenvalue weighted by Crippen LogP contribution is 2.16. The minimum absolute atomic E-state index is 0.536. The molecule has 168 valence electrons. The molecule has 0 aromatic heterocycles. The van der Waals surface area contributed by atoms with Crippen LogP contribution < -0.4 is 22.9 Å². The first kappa shape index (κ1) is 25.9. The van der Waals surface area contributed by atoms with E-state index in [2.05, 4.69) is 0 Å². The molecule has 28 heavy (non-hydrogen) atoms. The van der Waals surface area contributed by atoms with Crippen molar-refractivity contribution in [3.8, 4) is 0 Å². The second-order valence-corrected chi connectivity index (χ2v) is 9.59. The second-order valence-electron chi connectivity index (χ2n) is 9.59. The molecule has 0 bridgehead atoms. The maximum Gasteiger partial charge on any atom is 0.00388 e. The summed E-state index contributed by atoms with van der Waals surface area (Å²) in [4.78, 5) is 0. The van der Waals surface area contributed by atoms with Crippen LogP contribution in [-0.2, 0) is 0 Å². The first-order valence-electron chi connectivity index (χ1n) is 12.6. The average Bonchev–Trinajstić information content (AvgIpc) is 2.72. The van der Waals surface area contributed by atoms with Crippen LogP contribution in [0.3, 0.4) is 0 Å². The molecule has 0 aromatic rings. The second kappa shape index (κ2) is 17.7. The molecule has 0 heterocycles. The van der Waals surface area contributed by atoms with Crippen molar-refractivity contribution >= 4 is 0 Å². The Morgan fingerprint density at radius 1 is 0.250 bits per heavy atom. The third-order valence-electron chi connectivity index (χ3n) is 6.60. The van der Waals surface area contributed by atoms with E-state index >= 15 is 0 Å². The van der Waals surface area contributed by atoms with Gasteiger partial charge in [0.25, 0.3) is 0 Å². The summed E-state index contributed by atoms with van der Waals surface area (Å²) in [5.74, 6) is 0. The maximum absolute atomic E-state index is 5.63. The molecule has 0 aliphatic heterocycles. The van der Waals surface area contributed by atoms with Crippen molar-refractivity contribution in [2.45, 2.75) is 153 Å². The smallest absolute Gasteiger partial charge is 0.00388 e. The predicted octanol–water partition coefficient (Wildman–Crippen LogP) is 5.11. The molecule has 0 radical (unpaired) electrons. The summed E-state index contributed by atoms with van der Waals surface area (Å²) in [7, 11) is 0. The van der Waals surface area contributed by atoms with Gasteiger partial charge in [-0.3, -0.25) is 0 Å². The lowest BCUT2D eigenvalue weighted by atomic mass is 9.97. The molecule has 0 saturated heterocycles. The van der Waals surface area contributed by atoms with Gasteiger partial charge in [0.1, 0.15) is 0 Å². The summed E-state index contributed by atoms with van der Waals surface area (Å²) in [6.07, 6.45) is 26.7. The summed E-state index contributed by atoms with van der Waals surface area (Å²) in [6.45, 7) is 0. The lowest BCUT2D eigenvalue weighted by molar-refractivity contribution is 0.441. The van der Waals surface area contributed by atoms with Gasteiger partial charge in [0.05, 0.1) is 0 Å². The van der Waals surface area contributed by atoms with Crippen LogP contribution in [0, 0.1) is 0 Å². The number of rotatable bonds is 0. The maximum atomic E-state index is 5.63. The van der Waals surface area contributed by atoms with E-state index in [-0.39, 0.29) is 0 Å². The summed E-state index contributed by atoms with van der Waals surface area (Å²) < 4.78 is 0. The highest BCUT2D eigenvalue weighted by molar-refractivity contribution is 4.68. The van der Waals surface area contributed by atoms with Crippen LogP contribution in [0.15, 0.2) is 0 Å². The molecule has 4 heteroatoms. The number of nitrogens with two attached hydrogens (primary N) is 4. The Hall–Kier alpha value is -0.160. The molecule has 4 fully saturated rings. The van der Waals surface area contributed by atoms with Crippen molar-refractivity contribution < 1.29 is 0 Å². The largest absolute Gasteiger partial charge is 0.328 e. The van der Waals surface area contributed by atoms with E-state index in [1.54, 1.807) is 0 Å². The number of hydrogen-bond donors (Lipinski definition) is 4. The van der Waals surface area contributed by atoms with E-state index in [9.17, 15) is 0 Å². The van der Waals surface area contributed by atoms with Gasteiger partial charge in [0.15, 0.2) is 0 Å². The van der Waals surface area contributed by atoms with Crippen LogP contribution >= 0.6 is 0 Å². The zero-order valence-corrected chi connectivity index (χ0v) is 18.8. The van der Waals surface area contributed by atoms with Crippen LogP contribution in [0.25, 0.3) is 0 Å². The molecular weight excluding hydrogens is 344 g/mol. The van der Waals surface area contributed by atoms with Crippen LogP contribution in [0.4, 0.5) is 0 Å². The summed E-state index contributed by atoms with van der Waals surface area (Å²) >= 11 is 0. The standard InChI is InChI=1S/4C6H13N/c4*7-6-4-2-1-3-5-6/h4*6H,1-5,7H2. The SMILES string of the molecule is NC1CCCCC1.NC1CCCCC1.NC1CCCCC1.NC1CCCCC1. The fourth-order valence-electron chi connectivity index (χ4n) is 4.54. The van der Waals surface area contributed by atoms with Crippen molar-refractivity contribution in [1.29, 1.82) is 0 Å². The van der Waals surface area contributed by atoms with Gasteiger partial charge in [-0.2, -0.15) is 0 Å². The zero-order chi connectivity index (χ0) is 20.5. The summed E-state index contributed by atoms with van der Waals surface area (Å²) in [5.41, 5.74) is 22.5. The van der Waals surface area contributed by atoms with Gasteiger partial charge in [0.2, 0.25) is 0 Å². The van der Waals surface area contributed by atoms with Gasteiger partial charge in [-0.05, 0) is 51.4 Å². The Labute approximate surface area is 175 Å². The molecule has 4 saturated carbocycles. The van der Waals surface area contributed by atoms with E-state index in [0.29, 0.717) is 24.2 Å². The molecule has 4 aliphatic carbocycles. The monoisotopic (exact) mass is 396 g/mol. The highest BCUT2D eigenvalue weighted by Gasteiger charge is 2.08. The van der Waals surface area contributed by atoms with Gasteiger partial charge in [-0.15, -0.1) is 0 Å². The third-order valence-corrected chi connectivity index (χ3v) is 6.60. The van der Waals surface area contributed by atoms with E-state index in [4.69, 9.17) is 22.9 Å². The van der Waals surface area contributed by atoms with Gasteiger partial charge in [-0.1, -0.05) is 77.0 Å². The zero-order valence-electron chi connectivity index (χ0n) is 18.8. The van der Waals surface area contributed by atoms with Gasteiger partial charge >= 0.3 is 0 Å². The van der Waals surface area contributed by atoms with E-state index in [1.165, 1.54) is 128 Å². The average molecular weight is 397 g/mol. The molecule has 4 rings (SSSR count). The first-order chi connectivity index (χ1) is 13.6. The Morgan fingerprint density at radius 3 is 0.464 bits per heavy atom. The van der Waals surface area contributed by atoms with Crippen LogP contribution in [-0.4, -0.2) is 24.2 Å². The lowest BCUT2D eigenvalue weighted by Crippen LogP contribution is -2.22. The van der Waals surface area contributed by atoms with E-state index in [0.717, 1.165) is 0 Å². The summed E-state index contributed by atoms with van der Waals surface area (Å²) in [6, 6.07) is 2.14. The quantitative estimate of drug-likeness (QED) is 0.456. The predicted molar refractivity (Wildman–Crippen MR) is 124 cm³/mol. The van der Waals surface area contributed by atoms with Gasteiger partial charge in [-0.25, -0.2) is 0 Å². The Balaban J connectivity index is 0.000000187. The molecule has 4 nitrogen and oxygen atoms in total. The minimum Gasteiger partial charge on any atom is -0.328 e. The molecule has 0 aromatic carbocycles. The fraction of sp³-hybridized carbons (Fsp3) is 1.00. The molecule has 8 N–H and O–H groups in total. The Bertz CT molecular complexity index is 249. The fourth-order valence-corrected chi connectivity index (χ4v) is 4.54. The van der Waals surface area contributed by atoms with Crippen LogP contribution in [0.2, 0.25) is 0 Å². The number of hydrogen-bond acceptors (Lipinski definition) is 4. The summed E-state index contributed by atoms with van der Waals surface area (Å²) in [5, 5.41) is 0. The van der Waals surface area contributed by atoms with Gasteiger partial charge in [0, 0.05) is 24.2 Å². The van der Waals surface area contributed by atoms with Crippen LogP contribution in [0.5, 0.6) is 0 Å². The normalized spacial score (nSPS) is 25.3. The van der Waals surface area contributed by atoms with Crippen molar-refractivity contribution in [2.75, 3.05) is 0 Å². The Morgan fingerprint density at radius 2 is 0.393 bits per heavy atom. The molecule has 0 atom stereocenters. The first-order valence-corrected chi connectivity index (χ1v) is 12.6. The lowest BCUT2D eigenvalue weighted by Gasteiger charge is -2.15. The minimum atomic E-state index is 0.536. The molecular formula is C24H52N4. The Kier molecular flexibility index (Phi) is 16.3. The molecule has 0 unspecified atom stereocenters. The third kappa shape index (κ3) is 15.7. The van der Waals surface area contributed by atoms with Crippen molar-refractivity contribution in [3.63, 3.8) is 0 Å². The van der Waals surface area contributed by atoms with E-state index < -0.39 is 0 Å². The highest BCUT2D eigenvalue weighted by atomic mass is 14.6. The van der Waals surface area contributed by atoms with Crippen molar-refractivity contribution in [2.24, 2.45) is 22.9 Å². The molecule has 0 amide bonds. The van der Waals surface area contributed by atoms with Crippen LogP contribution in [0.1, 0.15) is 128 Å². The molecule has 4 aliphatic rings. The van der Waals surface area contributed by atoms with Gasteiger partial charge < -0.3 is 22.9 Å². The molecule has 0 spiro atoms. The topological polar surface area (TPSA) is 104 Å². The van der Waals surface area contributed by atoms with Crippen molar-refractivity contribution in [1.82, 2.24) is 0 Å². The van der Waals surface area contributed by atoms with Crippen molar-refractivity contribution in [3.05, 3.63) is 0 Å².